The first kappa shape index (κ1) is 47.8. The van der Waals surface area contributed by atoms with Crippen LogP contribution in [0.1, 0.15) is 81.5 Å². The quantitative estimate of drug-likeness (QED) is 0.0797. The fraction of sp³-hybridized carbons (Fsp3) is 0.488. The van der Waals surface area contributed by atoms with Crippen molar-refractivity contribution >= 4 is 27.8 Å². The fourth-order valence-corrected chi connectivity index (χ4v) is 8.54. The number of alkyl carbamates (subject to hydrolysis) is 1. The molecule has 3 atom stereocenters. The topological polar surface area (TPSA) is 171 Å². The molecule has 1 aliphatic rings. The smallest absolute Gasteiger partial charge is 0.475 e. The van der Waals surface area contributed by atoms with Gasteiger partial charge in [-0.3, -0.25) is 4.79 Å². The van der Waals surface area contributed by atoms with Gasteiger partial charge in [-0.15, -0.1) is 0 Å². The zero-order valence-corrected chi connectivity index (χ0v) is 33.5. The summed E-state index contributed by atoms with van der Waals surface area (Å²) in [6, 6.07) is 17.3. The van der Waals surface area contributed by atoms with Crippen LogP contribution in [0.25, 0.3) is 0 Å². The summed E-state index contributed by atoms with van der Waals surface area (Å²) in [6.45, 7) is 5.74. The summed E-state index contributed by atoms with van der Waals surface area (Å²) in [7, 11) is -3.89. The molecule has 2 amide bonds. The Bertz CT molecular complexity index is 1890. The number of aliphatic hydroxyl groups excluding tert-OH is 1. The van der Waals surface area contributed by atoms with E-state index in [0.717, 1.165) is 43.0 Å². The van der Waals surface area contributed by atoms with Crippen molar-refractivity contribution in [1.29, 1.82) is 0 Å². The molecule has 1 unspecified atom stereocenters. The lowest BCUT2D eigenvalue weighted by Gasteiger charge is -2.29. The molecule has 1 saturated carbocycles. The van der Waals surface area contributed by atoms with Gasteiger partial charge in [-0.05, 0) is 72.9 Å². The van der Waals surface area contributed by atoms with Crippen LogP contribution < -0.4 is 16.0 Å². The van der Waals surface area contributed by atoms with Gasteiger partial charge < -0.3 is 30.9 Å². The standard InChI is InChI=1S/C39H51F2N3O6S.C2HF3O2/c1-4-11-33(12-5-2)51(48,49)26-35(44-38(47)50-25-28-13-8-7-9-14-28)37(46)43-34(22-29-20-31(40)23-32(41)21-29)36(45)24-42-39(17-18-39)30-16-10-15-27(6-3)19-30;3-2(4,5)1(6)7/h7-10,13-16,19-21,23,33-36,42,45H,4-6,11-12,17-18,22,24-26H2,1-3H3,(H,43,46)(H,44,47);(H,6,7)/t34-,35?,36+;/m0./s1. The van der Waals surface area contributed by atoms with Crippen molar-refractivity contribution < 1.29 is 59.7 Å². The SMILES string of the molecule is CCCC(CCC)S(=O)(=O)CC(NC(=O)OCc1ccccc1)C(=O)N[C@@H](Cc1cc(F)cc(F)c1)[C@H](O)CNC1(c2cccc(CC)c2)CC1.O=C(O)C(F)(F)F. The van der Waals surface area contributed by atoms with E-state index < -0.39 is 74.8 Å². The Labute approximate surface area is 335 Å². The second-order valence-corrected chi connectivity index (χ2v) is 16.6. The highest BCUT2D eigenvalue weighted by Crippen LogP contribution is 2.45. The van der Waals surface area contributed by atoms with Crippen molar-refractivity contribution in [2.24, 2.45) is 0 Å². The highest BCUT2D eigenvalue weighted by atomic mass is 32.2. The zero-order chi connectivity index (χ0) is 43.1. The molecular formula is C41H52F5N3O8S. The van der Waals surface area contributed by atoms with Crippen LogP contribution in [0.3, 0.4) is 0 Å². The number of aliphatic carboxylic acids is 1. The minimum absolute atomic E-state index is 0.0175. The maximum Gasteiger partial charge on any atom is 0.490 e. The molecule has 0 heterocycles. The molecule has 11 nitrogen and oxygen atoms in total. The number of halogens is 5. The number of carboxylic acid groups (broad SMARTS) is 1. The Balaban J connectivity index is 0.00000117. The minimum Gasteiger partial charge on any atom is -0.475 e. The zero-order valence-electron chi connectivity index (χ0n) is 32.7. The van der Waals surface area contributed by atoms with Crippen molar-refractivity contribution in [2.75, 3.05) is 12.3 Å². The second-order valence-electron chi connectivity index (χ2n) is 14.3. The third-order valence-electron chi connectivity index (χ3n) is 9.65. The van der Waals surface area contributed by atoms with Gasteiger partial charge in [0.1, 0.15) is 24.3 Å². The molecule has 4 rings (SSSR count). The van der Waals surface area contributed by atoms with Gasteiger partial charge in [0.25, 0.3) is 0 Å². The Kier molecular flexibility index (Phi) is 18.1. The summed E-state index contributed by atoms with van der Waals surface area (Å²) in [5.41, 5.74) is 2.77. The third kappa shape index (κ3) is 15.3. The number of ether oxygens (including phenoxy) is 1. The largest absolute Gasteiger partial charge is 0.490 e. The molecule has 1 aliphatic carbocycles. The van der Waals surface area contributed by atoms with Crippen LogP contribution in [0, 0.1) is 11.6 Å². The Morgan fingerprint density at radius 3 is 1.97 bits per heavy atom. The molecule has 58 heavy (non-hydrogen) atoms. The molecule has 1 fully saturated rings. The van der Waals surface area contributed by atoms with E-state index in [4.69, 9.17) is 14.6 Å². The maximum absolute atomic E-state index is 14.2. The van der Waals surface area contributed by atoms with E-state index in [1.54, 1.807) is 24.3 Å². The molecule has 17 heteroatoms. The van der Waals surface area contributed by atoms with E-state index in [1.165, 1.54) is 5.56 Å². The predicted molar refractivity (Wildman–Crippen MR) is 207 cm³/mol. The summed E-state index contributed by atoms with van der Waals surface area (Å²) in [6.07, 6.45) is -2.95. The normalized spacial score (nSPS) is 15.0. The number of aryl methyl sites for hydroxylation is 1. The van der Waals surface area contributed by atoms with E-state index >= 15 is 0 Å². The Morgan fingerprint density at radius 2 is 1.43 bits per heavy atom. The molecule has 3 aromatic rings. The lowest BCUT2D eigenvalue weighted by molar-refractivity contribution is -0.192. The molecule has 3 aromatic carbocycles. The van der Waals surface area contributed by atoms with Gasteiger partial charge in [0.15, 0.2) is 9.84 Å². The molecule has 320 valence electrons. The van der Waals surface area contributed by atoms with Gasteiger partial charge in [0.05, 0.1) is 23.1 Å². The van der Waals surface area contributed by atoms with Crippen LogP contribution in [0.2, 0.25) is 0 Å². The summed E-state index contributed by atoms with van der Waals surface area (Å²) >= 11 is 0. The highest BCUT2D eigenvalue weighted by Gasteiger charge is 2.45. The number of sulfone groups is 1. The molecule has 0 aromatic heterocycles. The van der Waals surface area contributed by atoms with Crippen LogP contribution in [0.15, 0.2) is 72.8 Å². The van der Waals surface area contributed by atoms with E-state index in [0.29, 0.717) is 31.2 Å². The summed E-state index contributed by atoms with van der Waals surface area (Å²) in [5, 5.41) is 26.5. The Morgan fingerprint density at radius 1 is 0.845 bits per heavy atom. The maximum atomic E-state index is 14.2. The first-order valence-corrected chi connectivity index (χ1v) is 20.8. The first-order chi connectivity index (χ1) is 27.3. The van der Waals surface area contributed by atoms with Crippen LogP contribution in [-0.4, -0.2) is 78.5 Å². The number of carbonyl (C=O) groups excluding carboxylic acids is 2. The monoisotopic (exact) mass is 841 g/mol. The number of aliphatic hydroxyl groups is 1. The highest BCUT2D eigenvalue weighted by molar-refractivity contribution is 7.92. The number of alkyl halides is 3. The summed E-state index contributed by atoms with van der Waals surface area (Å²) in [4.78, 5) is 35.9. The number of hydrogen-bond acceptors (Lipinski definition) is 8. The van der Waals surface area contributed by atoms with Gasteiger partial charge in [0.2, 0.25) is 5.91 Å². The van der Waals surface area contributed by atoms with Gasteiger partial charge >= 0.3 is 18.2 Å². The van der Waals surface area contributed by atoms with Crippen LogP contribution in [0.5, 0.6) is 0 Å². The van der Waals surface area contributed by atoms with Crippen LogP contribution in [0.4, 0.5) is 26.7 Å². The van der Waals surface area contributed by atoms with Gasteiger partial charge in [-0.2, -0.15) is 13.2 Å². The molecule has 0 radical (unpaired) electrons. The number of carboxylic acids is 1. The van der Waals surface area contributed by atoms with E-state index in [2.05, 4.69) is 28.9 Å². The van der Waals surface area contributed by atoms with Crippen molar-refractivity contribution in [3.05, 3.63) is 107 Å². The van der Waals surface area contributed by atoms with Gasteiger partial charge in [-0.1, -0.05) is 88.2 Å². The average molecular weight is 842 g/mol. The number of nitrogens with one attached hydrogen (secondary N) is 3. The molecule has 0 aliphatic heterocycles. The van der Waals surface area contributed by atoms with E-state index in [-0.39, 0.29) is 30.7 Å². The summed E-state index contributed by atoms with van der Waals surface area (Å²) < 4.78 is 92.8. The predicted octanol–water partition coefficient (Wildman–Crippen LogP) is 6.51. The van der Waals surface area contributed by atoms with E-state index in [9.17, 15) is 45.1 Å². The second kappa shape index (κ2) is 22.0. The van der Waals surface area contributed by atoms with Gasteiger partial charge in [-0.25, -0.2) is 26.8 Å². The molecule has 0 saturated heterocycles. The third-order valence-corrected chi connectivity index (χ3v) is 11.9. The average Bonchev–Trinajstić information content (AvgIpc) is 3.96. The van der Waals surface area contributed by atoms with E-state index in [1.807, 2.05) is 38.1 Å². The lowest BCUT2D eigenvalue weighted by Crippen LogP contribution is -2.57. The summed E-state index contributed by atoms with van der Waals surface area (Å²) in [5.74, 6) is -5.97. The Hall–Kier alpha value is -4.61. The number of carbonyl (C=O) groups is 3. The fourth-order valence-electron chi connectivity index (χ4n) is 6.38. The number of hydrogen-bond donors (Lipinski definition) is 5. The van der Waals surface area contributed by atoms with Gasteiger partial charge in [0, 0.05) is 18.2 Å². The molecule has 0 spiro atoms. The van der Waals surface area contributed by atoms with Crippen molar-refractivity contribution in [1.82, 2.24) is 16.0 Å². The molecular weight excluding hydrogens is 790 g/mol. The van der Waals surface area contributed by atoms with Crippen molar-refractivity contribution in [2.45, 2.75) is 114 Å². The number of rotatable bonds is 20. The number of benzene rings is 3. The van der Waals surface area contributed by atoms with Crippen molar-refractivity contribution in [3.63, 3.8) is 0 Å². The molecule has 5 N–H and O–H groups in total. The van der Waals surface area contributed by atoms with Crippen LogP contribution in [-0.2, 0) is 49.2 Å². The van der Waals surface area contributed by atoms with Crippen molar-refractivity contribution in [3.8, 4) is 0 Å². The molecule has 0 bridgehead atoms. The van der Waals surface area contributed by atoms with Crippen LogP contribution >= 0.6 is 0 Å². The first-order valence-electron chi connectivity index (χ1n) is 19.1. The minimum atomic E-state index is -5.08. The number of amides is 2. The lowest BCUT2D eigenvalue weighted by atomic mass is 9.98.